The summed E-state index contributed by atoms with van der Waals surface area (Å²) in [4.78, 5) is 24.0. The van der Waals surface area contributed by atoms with Crippen molar-refractivity contribution < 1.29 is 4.74 Å². The van der Waals surface area contributed by atoms with Crippen molar-refractivity contribution in [3.8, 4) is 5.75 Å². The summed E-state index contributed by atoms with van der Waals surface area (Å²) in [6.07, 6.45) is 6.33. The van der Waals surface area contributed by atoms with E-state index in [2.05, 4.69) is 20.1 Å². The standard InChI is InChI=1S/C17H13N5O2/c1-24-12-2-3-13-14(8-12)21-16-15(13)19-10-22(17(16)23)20-9-11-4-6-18-7-5-11/h2-10,21H,1H3/b20-9+. The summed E-state index contributed by atoms with van der Waals surface area (Å²) < 4.78 is 6.41. The Balaban J connectivity index is 1.84. The van der Waals surface area contributed by atoms with Gasteiger partial charge in [0.05, 0.1) is 18.8 Å². The van der Waals surface area contributed by atoms with E-state index in [4.69, 9.17) is 4.74 Å². The molecule has 0 bridgehead atoms. The molecule has 24 heavy (non-hydrogen) atoms. The van der Waals surface area contributed by atoms with Crippen LogP contribution in [0.5, 0.6) is 5.75 Å². The molecule has 7 nitrogen and oxygen atoms in total. The van der Waals surface area contributed by atoms with Crippen LogP contribution in [0.3, 0.4) is 0 Å². The van der Waals surface area contributed by atoms with Gasteiger partial charge in [-0.15, -0.1) is 0 Å². The van der Waals surface area contributed by atoms with Crippen molar-refractivity contribution in [2.24, 2.45) is 5.10 Å². The molecular formula is C17H13N5O2. The van der Waals surface area contributed by atoms with Crippen molar-refractivity contribution in [1.82, 2.24) is 19.6 Å². The monoisotopic (exact) mass is 319 g/mol. The van der Waals surface area contributed by atoms with E-state index >= 15 is 0 Å². The van der Waals surface area contributed by atoms with Gasteiger partial charge in [-0.3, -0.25) is 9.78 Å². The molecule has 3 heterocycles. The number of rotatable bonds is 3. The summed E-state index contributed by atoms with van der Waals surface area (Å²) in [6.45, 7) is 0. The molecule has 0 unspecified atom stereocenters. The number of aromatic amines is 1. The first kappa shape index (κ1) is 14.1. The number of H-pyrrole nitrogens is 1. The molecule has 0 aliphatic rings. The van der Waals surface area contributed by atoms with E-state index in [1.165, 1.54) is 11.0 Å². The van der Waals surface area contributed by atoms with Gasteiger partial charge >= 0.3 is 0 Å². The van der Waals surface area contributed by atoms with Crippen LogP contribution in [0.2, 0.25) is 0 Å². The van der Waals surface area contributed by atoms with E-state index in [-0.39, 0.29) is 5.56 Å². The lowest BCUT2D eigenvalue weighted by atomic mass is 10.2. The molecule has 0 atom stereocenters. The number of ether oxygens (including phenoxy) is 1. The summed E-state index contributed by atoms with van der Waals surface area (Å²) in [7, 11) is 1.60. The maximum absolute atomic E-state index is 12.6. The highest BCUT2D eigenvalue weighted by Gasteiger charge is 2.11. The van der Waals surface area contributed by atoms with Crippen LogP contribution < -0.4 is 10.3 Å². The largest absolute Gasteiger partial charge is 0.497 e. The lowest BCUT2D eigenvalue weighted by Crippen LogP contribution is -2.17. The third-order valence-corrected chi connectivity index (χ3v) is 3.73. The van der Waals surface area contributed by atoms with Gasteiger partial charge in [0.15, 0.2) is 0 Å². The van der Waals surface area contributed by atoms with Crippen molar-refractivity contribution in [2.45, 2.75) is 0 Å². The maximum Gasteiger partial charge on any atom is 0.298 e. The molecule has 0 amide bonds. The van der Waals surface area contributed by atoms with Crippen LogP contribution in [0.4, 0.5) is 0 Å². The normalized spacial score (nSPS) is 11.5. The molecule has 118 valence electrons. The van der Waals surface area contributed by atoms with Gasteiger partial charge in [0.2, 0.25) is 0 Å². The molecule has 0 saturated heterocycles. The van der Waals surface area contributed by atoms with Gasteiger partial charge in [0, 0.05) is 23.8 Å². The van der Waals surface area contributed by atoms with Crippen molar-refractivity contribution in [2.75, 3.05) is 7.11 Å². The van der Waals surface area contributed by atoms with Crippen LogP contribution in [-0.4, -0.2) is 33.0 Å². The molecule has 7 heteroatoms. The summed E-state index contributed by atoms with van der Waals surface area (Å²) in [6, 6.07) is 9.15. The zero-order valence-electron chi connectivity index (χ0n) is 12.8. The number of aromatic nitrogens is 4. The predicted molar refractivity (Wildman–Crippen MR) is 91.6 cm³/mol. The molecule has 0 aliphatic carbocycles. The fourth-order valence-corrected chi connectivity index (χ4v) is 2.52. The Hall–Kier alpha value is -3.48. The number of fused-ring (bicyclic) bond motifs is 3. The third-order valence-electron chi connectivity index (χ3n) is 3.73. The quantitative estimate of drug-likeness (QED) is 0.586. The van der Waals surface area contributed by atoms with Crippen molar-refractivity contribution in [3.63, 3.8) is 0 Å². The topological polar surface area (TPSA) is 85.2 Å². The molecule has 0 aliphatic heterocycles. The summed E-state index contributed by atoms with van der Waals surface area (Å²) in [5.74, 6) is 0.713. The van der Waals surface area contributed by atoms with Crippen LogP contribution in [0.15, 0.2) is 58.9 Å². The number of hydrogen-bond acceptors (Lipinski definition) is 5. The van der Waals surface area contributed by atoms with E-state index in [0.29, 0.717) is 16.8 Å². The molecule has 4 aromatic rings. The van der Waals surface area contributed by atoms with Crippen LogP contribution in [0.1, 0.15) is 5.56 Å². The average Bonchev–Trinajstić information content (AvgIpc) is 3.00. The Morgan fingerprint density at radius 2 is 2.08 bits per heavy atom. The average molecular weight is 319 g/mol. The third kappa shape index (κ3) is 2.32. The second-order valence-corrected chi connectivity index (χ2v) is 5.18. The van der Waals surface area contributed by atoms with Crippen LogP contribution in [-0.2, 0) is 0 Å². The molecule has 1 aromatic carbocycles. The van der Waals surface area contributed by atoms with Crippen molar-refractivity contribution in [3.05, 3.63) is 65.0 Å². The second-order valence-electron chi connectivity index (χ2n) is 5.18. The van der Waals surface area contributed by atoms with E-state index < -0.39 is 0 Å². The first-order valence-corrected chi connectivity index (χ1v) is 7.28. The van der Waals surface area contributed by atoms with Gasteiger partial charge < -0.3 is 9.72 Å². The van der Waals surface area contributed by atoms with Gasteiger partial charge in [0.1, 0.15) is 23.1 Å². The maximum atomic E-state index is 12.6. The Morgan fingerprint density at radius 3 is 2.88 bits per heavy atom. The predicted octanol–water partition coefficient (Wildman–Crippen LogP) is 2.16. The highest BCUT2D eigenvalue weighted by Crippen LogP contribution is 2.25. The summed E-state index contributed by atoms with van der Waals surface area (Å²) in [5, 5.41) is 5.04. The van der Waals surface area contributed by atoms with Gasteiger partial charge in [-0.25, -0.2) is 4.98 Å². The van der Waals surface area contributed by atoms with Gasteiger partial charge in [-0.2, -0.15) is 9.78 Å². The number of benzene rings is 1. The van der Waals surface area contributed by atoms with Gasteiger partial charge in [-0.1, -0.05) is 0 Å². The van der Waals surface area contributed by atoms with E-state index in [0.717, 1.165) is 16.5 Å². The van der Waals surface area contributed by atoms with Crippen LogP contribution in [0.25, 0.3) is 21.9 Å². The first-order chi connectivity index (χ1) is 11.8. The lowest BCUT2D eigenvalue weighted by Gasteiger charge is -1.98. The fraction of sp³-hybridized carbons (Fsp3) is 0.0588. The summed E-state index contributed by atoms with van der Waals surface area (Å²) in [5.41, 5.74) is 2.41. The molecule has 3 aromatic heterocycles. The van der Waals surface area contributed by atoms with Gasteiger partial charge in [0.25, 0.3) is 5.56 Å². The van der Waals surface area contributed by atoms with Crippen LogP contribution >= 0.6 is 0 Å². The van der Waals surface area contributed by atoms with Crippen molar-refractivity contribution in [1.29, 1.82) is 0 Å². The number of nitrogens with one attached hydrogen (secondary N) is 1. The van der Waals surface area contributed by atoms with Crippen molar-refractivity contribution >= 4 is 28.2 Å². The highest BCUT2D eigenvalue weighted by molar-refractivity contribution is 6.04. The zero-order valence-corrected chi connectivity index (χ0v) is 12.8. The Morgan fingerprint density at radius 1 is 1.25 bits per heavy atom. The molecule has 0 spiro atoms. The number of methoxy groups -OCH3 is 1. The molecule has 0 saturated carbocycles. The Bertz CT molecular complexity index is 1110. The van der Waals surface area contributed by atoms with E-state index in [9.17, 15) is 4.79 Å². The zero-order chi connectivity index (χ0) is 16.5. The summed E-state index contributed by atoms with van der Waals surface area (Å²) >= 11 is 0. The van der Waals surface area contributed by atoms with Gasteiger partial charge in [-0.05, 0) is 29.8 Å². The number of hydrogen-bond donors (Lipinski definition) is 1. The van der Waals surface area contributed by atoms with E-state index in [1.807, 2.05) is 18.2 Å². The lowest BCUT2D eigenvalue weighted by molar-refractivity contribution is 0.415. The molecule has 0 radical (unpaired) electrons. The second kappa shape index (κ2) is 5.62. The van der Waals surface area contributed by atoms with E-state index in [1.54, 1.807) is 37.9 Å². The Kier molecular flexibility index (Phi) is 3.31. The Labute approximate surface area is 136 Å². The SMILES string of the molecule is COc1ccc2c(c1)[nH]c1c(=O)n(/N=C/c3ccncc3)cnc12. The molecular weight excluding hydrogens is 306 g/mol. The smallest absolute Gasteiger partial charge is 0.298 e. The molecule has 1 N–H and O–H groups in total. The molecule has 0 fully saturated rings. The molecule has 4 rings (SSSR count). The minimum atomic E-state index is -0.263. The number of nitrogens with zero attached hydrogens (tertiary/aromatic N) is 4. The minimum absolute atomic E-state index is 0.263. The number of pyridine rings is 1. The first-order valence-electron chi connectivity index (χ1n) is 7.28. The fourth-order valence-electron chi connectivity index (χ4n) is 2.52. The highest BCUT2D eigenvalue weighted by atomic mass is 16.5. The van der Waals surface area contributed by atoms with Crippen LogP contribution in [0, 0.1) is 0 Å². The minimum Gasteiger partial charge on any atom is -0.497 e.